The molecule has 0 unspecified atom stereocenters. The second-order valence-corrected chi connectivity index (χ2v) is 6.09. The van der Waals surface area contributed by atoms with Crippen LogP contribution in [0.25, 0.3) is 0 Å². The molecule has 0 radical (unpaired) electrons. The first kappa shape index (κ1) is 20.8. The summed E-state index contributed by atoms with van der Waals surface area (Å²) in [6.45, 7) is 0.735. The highest BCUT2D eigenvalue weighted by atomic mass is 35.5. The maximum absolute atomic E-state index is 11.9. The minimum absolute atomic E-state index is 0.0259. The van der Waals surface area contributed by atoms with Crippen molar-refractivity contribution in [3.63, 3.8) is 0 Å². The van der Waals surface area contributed by atoms with Crippen LogP contribution in [0.4, 0.5) is 11.4 Å². The number of hydrogen-bond donors (Lipinski definition) is 2. The Morgan fingerprint density at radius 3 is 2.61 bits per heavy atom. The molecular formula is C18H16ClN3O6. The smallest absolute Gasteiger partial charge is 0.325 e. The fourth-order valence-electron chi connectivity index (χ4n) is 2.17. The summed E-state index contributed by atoms with van der Waals surface area (Å²) in [5.41, 5.74) is 1.06. The van der Waals surface area contributed by atoms with Gasteiger partial charge in [0.1, 0.15) is 6.54 Å². The van der Waals surface area contributed by atoms with Crippen LogP contribution in [0, 0.1) is 17.0 Å². The zero-order valence-electron chi connectivity index (χ0n) is 14.7. The molecule has 28 heavy (non-hydrogen) atoms. The molecule has 0 atom stereocenters. The zero-order valence-corrected chi connectivity index (χ0v) is 15.5. The number of esters is 1. The molecule has 9 nitrogen and oxygen atoms in total. The Morgan fingerprint density at radius 1 is 1.18 bits per heavy atom. The quantitative estimate of drug-likeness (QED) is 0.413. The minimum Gasteiger partial charge on any atom is -0.454 e. The van der Waals surface area contributed by atoms with Crippen molar-refractivity contribution in [1.82, 2.24) is 5.32 Å². The van der Waals surface area contributed by atoms with Crippen molar-refractivity contribution in [1.29, 1.82) is 0 Å². The monoisotopic (exact) mass is 405 g/mol. The van der Waals surface area contributed by atoms with Gasteiger partial charge in [0.2, 0.25) is 0 Å². The molecule has 0 aliphatic rings. The van der Waals surface area contributed by atoms with Gasteiger partial charge in [-0.05, 0) is 36.8 Å². The third kappa shape index (κ3) is 6.06. The lowest BCUT2D eigenvalue weighted by Gasteiger charge is -2.09. The third-order valence-electron chi connectivity index (χ3n) is 3.54. The molecule has 0 heterocycles. The first-order valence-corrected chi connectivity index (χ1v) is 8.38. The predicted molar refractivity (Wildman–Crippen MR) is 101 cm³/mol. The predicted octanol–water partition coefficient (Wildman–Crippen LogP) is 2.47. The van der Waals surface area contributed by atoms with Crippen molar-refractivity contribution in [3.05, 3.63) is 68.7 Å². The summed E-state index contributed by atoms with van der Waals surface area (Å²) >= 11 is 5.84. The number of rotatable bonds is 7. The highest BCUT2D eigenvalue weighted by molar-refractivity contribution is 6.30. The molecular weight excluding hydrogens is 390 g/mol. The van der Waals surface area contributed by atoms with Crippen molar-refractivity contribution >= 4 is 40.8 Å². The number of hydrogen-bond acceptors (Lipinski definition) is 6. The summed E-state index contributed by atoms with van der Waals surface area (Å²) in [5.74, 6) is -2.06. The molecule has 2 aromatic rings. The number of anilines is 1. The van der Waals surface area contributed by atoms with Gasteiger partial charge in [-0.2, -0.15) is 0 Å². The van der Waals surface area contributed by atoms with Crippen LogP contribution in [-0.4, -0.2) is 35.9 Å². The van der Waals surface area contributed by atoms with Crippen LogP contribution in [0.5, 0.6) is 0 Å². The SMILES string of the molecule is Cc1cc(Cl)ccc1NC(=O)COC(=O)CNC(=O)c1cccc([N+](=O)[O-])c1. The molecule has 0 aromatic heterocycles. The molecule has 0 saturated carbocycles. The maximum atomic E-state index is 11.9. The van der Waals surface area contributed by atoms with E-state index in [2.05, 4.69) is 10.6 Å². The van der Waals surface area contributed by atoms with Crippen molar-refractivity contribution in [2.24, 2.45) is 0 Å². The van der Waals surface area contributed by atoms with Crippen LogP contribution in [-0.2, 0) is 14.3 Å². The molecule has 2 amide bonds. The van der Waals surface area contributed by atoms with E-state index >= 15 is 0 Å². The lowest BCUT2D eigenvalue weighted by molar-refractivity contribution is -0.384. The first-order valence-electron chi connectivity index (χ1n) is 8.00. The number of nitro benzene ring substituents is 1. The normalized spacial score (nSPS) is 10.1. The molecule has 0 aliphatic heterocycles. The van der Waals surface area contributed by atoms with Crippen LogP contribution >= 0.6 is 11.6 Å². The molecule has 2 rings (SSSR count). The van der Waals surface area contributed by atoms with Gasteiger partial charge >= 0.3 is 5.97 Å². The molecule has 0 bridgehead atoms. The molecule has 10 heteroatoms. The topological polar surface area (TPSA) is 128 Å². The van der Waals surface area contributed by atoms with E-state index in [1.807, 2.05) is 0 Å². The molecule has 146 valence electrons. The number of carbonyl (C=O) groups is 3. The number of aryl methyl sites for hydroxylation is 1. The number of halogens is 1. The van der Waals surface area contributed by atoms with Gasteiger partial charge in [-0.3, -0.25) is 24.5 Å². The van der Waals surface area contributed by atoms with Gasteiger partial charge < -0.3 is 15.4 Å². The maximum Gasteiger partial charge on any atom is 0.325 e. The zero-order chi connectivity index (χ0) is 20.7. The Hall–Kier alpha value is -3.46. The van der Waals surface area contributed by atoms with E-state index in [0.717, 1.165) is 11.6 Å². The van der Waals surface area contributed by atoms with Crippen LogP contribution in [0.15, 0.2) is 42.5 Å². The molecule has 0 spiro atoms. The molecule has 2 N–H and O–H groups in total. The van der Waals surface area contributed by atoms with E-state index < -0.39 is 35.9 Å². The number of nitrogens with zero attached hydrogens (tertiary/aromatic N) is 1. The third-order valence-corrected chi connectivity index (χ3v) is 3.77. The summed E-state index contributed by atoms with van der Waals surface area (Å²) in [6.07, 6.45) is 0. The van der Waals surface area contributed by atoms with Crippen molar-refractivity contribution in [2.45, 2.75) is 6.92 Å². The summed E-state index contributed by atoms with van der Waals surface area (Å²) in [4.78, 5) is 45.5. The fourth-order valence-corrected chi connectivity index (χ4v) is 2.39. The second kappa shape index (κ2) is 9.47. The van der Waals surface area contributed by atoms with E-state index in [1.54, 1.807) is 25.1 Å². The van der Waals surface area contributed by atoms with Gasteiger partial charge in [-0.25, -0.2) is 0 Å². The first-order chi connectivity index (χ1) is 13.3. The van der Waals surface area contributed by atoms with Gasteiger partial charge in [0, 0.05) is 28.4 Å². The molecule has 0 aliphatic carbocycles. The highest BCUT2D eigenvalue weighted by Crippen LogP contribution is 2.19. The lowest BCUT2D eigenvalue weighted by Crippen LogP contribution is -2.32. The van der Waals surface area contributed by atoms with E-state index in [-0.39, 0.29) is 11.3 Å². The number of ether oxygens (including phenoxy) is 1. The highest BCUT2D eigenvalue weighted by Gasteiger charge is 2.14. The largest absolute Gasteiger partial charge is 0.454 e. The van der Waals surface area contributed by atoms with Crippen molar-refractivity contribution in [3.8, 4) is 0 Å². The second-order valence-electron chi connectivity index (χ2n) is 5.66. The van der Waals surface area contributed by atoms with E-state index in [1.165, 1.54) is 18.2 Å². The van der Waals surface area contributed by atoms with Crippen molar-refractivity contribution in [2.75, 3.05) is 18.5 Å². The number of nitro groups is 1. The standard InChI is InChI=1S/C18H16ClN3O6/c1-11-7-13(19)5-6-15(11)21-16(23)10-28-17(24)9-20-18(25)12-3-2-4-14(8-12)22(26)27/h2-8H,9-10H2,1H3,(H,20,25)(H,21,23). The van der Waals surface area contributed by atoms with Gasteiger partial charge in [0.15, 0.2) is 6.61 Å². The summed E-state index contributed by atoms with van der Waals surface area (Å²) < 4.78 is 4.79. The van der Waals surface area contributed by atoms with Crippen molar-refractivity contribution < 1.29 is 24.0 Å². The van der Waals surface area contributed by atoms with Gasteiger partial charge in [-0.15, -0.1) is 0 Å². The van der Waals surface area contributed by atoms with Gasteiger partial charge in [-0.1, -0.05) is 17.7 Å². The number of amides is 2. The average molecular weight is 406 g/mol. The van der Waals surface area contributed by atoms with E-state index in [9.17, 15) is 24.5 Å². The Balaban J connectivity index is 1.79. The van der Waals surface area contributed by atoms with Crippen LogP contribution in [0.2, 0.25) is 5.02 Å². The lowest BCUT2D eigenvalue weighted by atomic mass is 10.2. The number of benzene rings is 2. The van der Waals surface area contributed by atoms with Crippen LogP contribution < -0.4 is 10.6 Å². The Labute approximate surface area is 164 Å². The summed E-state index contributed by atoms with van der Waals surface area (Å²) in [6, 6.07) is 9.96. The Bertz CT molecular complexity index is 931. The number of non-ortho nitro benzene ring substituents is 1. The fraction of sp³-hybridized carbons (Fsp3) is 0.167. The number of carbonyl (C=O) groups excluding carboxylic acids is 3. The van der Waals surface area contributed by atoms with E-state index in [4.69, 9.17) is 16.3 Å². The Morgan fingerprint density at radius 2 is 1.93 bits per heavy atom. The molecule has 0 saturated heterocycles. The number of nitrogens with one attached hydrogen (secondary N) is 2. The average Bonchev–Trinajstić information content (AvgIpc) is 2.66. The van der Waals surface area contributed by atoms with Crippen LogP contribution in [0.3, 0.4) is 0 Å². The minimum atomic E-state index is -0.832. The Kier molecular flexibility index (Phi) is 7.05. The summed E-state index contributed by atoms with van der Waals surface area (Å²) in [5, 5.41) is 16.1. The molecule has 0 fully saturated rings. The van der Waals surface area contributed by atoms with Gasteiger partial charge in [0.05, 0.1) is 4.92 Å². The van der Waals surface area contributed by atoms with Gasteiger partial charge in [0.25, 0.3) is 17.5 Å². The van der Waals surface area contributed by atoms with Crippen LogP contribution in [0.1, 0.15) is 15.9 Å². The summed E-state index contributed by atoms with van der Waals surface area (Å²) in [7, 11) is 0. The van der Waals surface area contributed by atoms with E-state index in [0.29, 0.717) is 10.7 Å². The molecule has 2 aromatic carbocycles.